The van der Waals surface area contributed by atoms with Crippen molar-refractivity contribution in [2.75, 3.05) is 18.2 Å². The number of rotatable bonds is 8. The van der Waals surface area contributed by atoms with E-state index in [0.29, 0.717) is 11.6 Å². The fourth-order valence-corrected chi connectivity index (χ4v) is 4.76. The molecule has 1 aromatic heterocycles. The maximum atomic E-state index is 12.3. The van der Waals surface area contributed by atoms with E-state index in [-0.39, 0.29) is 5.91 Å². The first kappa shape index (κ1) is 20.4. The zero-order valence-electron chi connectivity index (χ0n) is 16.6. The van der Waals surface area contributed by atoms with Gasteiger partial charge in [-0.2, -0.15) is 0 Å². The van der Waals surface area contributed by atoms with Crippen molar-refractivity contribution in [2.45, 2.75) is 17.7 Å². The first-order chi connectivity index (χ1) is 14.7. The second-order valence-electron chi connectivity index (χ2n) is 6.74. The third kappa shape index (κ3) is 5.01. The molecule has 152 valence electrons. The van der Waals surface area contributed by atoms with Gasteiger partial charge in [-0.05, 0) is 47.2 Å². The minimum absolute atomic E-state index is 0.00384. The van der Waals surface area contributed by atoms with Crippen molar-refractivity contribution in [1.82, 2.24) is 4.98 Å². The van der Waals surface area contributed by atoms with Crippen LogP contribution in [-0.4, -0.2) is 23.8 Å². The van der Waals surface area contributed by atoms with Gasteiger partial charge in [-0.25, -0.2) is 4.98 Å². The van der Waals surface area contributed by atoms with E-state index in [1.54, 1.807) is 18.9 Å². The second kappa shape index (κ2) is 9.78. The highest BCUT2D eigenvalue weighted by atomic mass is 32.2. The largest absolute Gasteiger partial charge is 0.497 e. The molecule has 6 heteroatoms. The third-order valence-corrected chi connectivity index (χ3v) is 6.55. The lowest BCUT2D eigenvalue weighted by molar-refractivity contribution is -0.116. The Morgan fingerprint density at radius 3 is 2.70 bits per heavy atom. The van der Waals surface area contributed by atoms with Crippen LogP contribution in [0.15, 0.2) is 77.0 Å². The van der Waals surface area contributed by atoms with Crippen LogP contribution >= 0.6 is 23.1 Å². The Bertz CT molecular complexity index is 1130. The Morgan fingerprint density at radius 1 is 1.07 bits per heavy atom. The maximum Gasteiger partial charge on any atom is 0.226 e. The number of amides is 1. The van der Waals surface area contributed by atoms with Crippen molar-refractivity contribution >= 4 is 44.9 Å². The molecule has 0 saturated heterocycles. The Hall–Kier alpha value is -2.83. The van der Waals surface area contributed by atoms with Crippen LogP contribution in [-0.2, 0) is 4.79 Å². The van der Waals surface area contributed by atoms with Crippen molar-refractivity contribution in [3.63, 3.8) is 0 Å². The molecular weight excluding hydrogens is 412 g/mol. The van der Waals surface area contributed by atoms with Crippen LogP contribution in [0.2, 0.25) is 0 Å². The molecule has 4 aromatic rings. The number of benzene rings is 3. The summed E-state index contributed by atoms with van der Waals surface area (Å²) in [5, 5.41) is 7.93. The molecule has 0 unspecified atom stereocenters. The maximum absolute atomic E-state index is 12.3. The van der Waals surface area contributed by atoms with Gasteiger partial charge < -0.3 is 10.1 Å². The van der Waals surface area contributed by atoms with Crippen LogP contribution in [0.25, 0.3) is 22.0 Å². The summed E-state index contributed by atoms with van der Waals surface area (Å²) in [6.07, 6.45) is 1.29. The highest BCUT2D eigenvalue weighted by molar-refractivity contribution is 7.99. The van der Waals surface area contributed by atoms with E-state index in [2.05, 4.69) is 34.6 Å². The molecule has 0 bridgehead atoms. The number of nitrogens with zero attached hydrogens (tertiary/aromatic N) is 1. The monoisotopic (exact) mass is 434 g/mol. The minimum Gasteiger partial charge on any atom is -0.497 e. The molecule has 0 fully saturated rings. The van der Waals surface area contributed by atoms with Gasteiger partial charge in [-0.1, -0.05) is 42.5 Å². The SMILES string of the molecule is COc1ccc(SCCCC(=O)Nc2nc(-c3cccc4ccccc34)cs2)cc1. The molecule has 0 aliphatic carbocycles. The summed E-state index contributed by atoms with van der Waals surface area (Å²) in [7, 11) is 1.66. The smallest absolute Gasteiger partial charge is 0.226 e. The lowest BCUT2D eigenvalue weighted by Crippen LogP contribution is -2.11. The summed E-state index contributed by atoms with van der Waals surface area (Å²) in [6, 6.07) is 22.4. The molecular formula is C24H22N2O2S2. The van der Waals surface area contributed by atoms with Crippen molar-refractivity contribution in [2.24, 2.45) is 0 Å². The molecule has 0 aliphatic heterocycles. The van der Waals surface area contributed by atoms with Gasteiger partial charge in [-0.3, -0.25) is 4.79 Å². The van der Waals surface area contributed by atoms with Crippen LogP contribution in [0.4, 0.5) is 5.13 Å². The van der Waals surface area contributed by atoms with E-state index in [4.69, 9.17) is 4.74 Å². The number of ether oxygens (including phenoxy) is 1. The van der Waals surface area contributed by atoms with E-state index < -0.39 is 0 Å². The predicted molar refractivity (Wildman–Crippen MR) is 127 cm³/mol. The number of nitrogens with one attached hydrogen (secondary N) is 1. The summed E-state index contributed by atoms with van der Waals surface area (Å²) in [5.41, 5.74) is 1.97. The number of hydrogen-bond donors (Lipinski definition) is 1. The summed E-state index contributed by atoms with van der Waals surface area (Å²) in [4.78, 5) is 18.1. The fourth-order valence-electron chi connectivity index (χ4n) is 3.18. The van der Waals surface area contributed by atoms with E-state index in [9.17, 15) is 4.79 Å². The van der Waals surface area contributed by atoms with Crippen LogP contribution in [0.5, 0.6) is 5.75 Å². The van der Waals surface area contributed by atoms with Crippen LogP contribution in [0.3, 0.4) is 0 Å². The average molecular weight is 435 g/mol. The highest BCUT2D eigenvalue weighted by Gasteiger charge is 2.10. The van der Waals surface area contributed by atoms with Crippen molar-refractivity contribution in [1.29, 1.82) is 0 Å². The van der Waals surface area contributed by atoms with Crippen LogP contribution < -0.4 is 10.1 Å². The molecule has 0 saturated carbocycles. The molecule has 3 aromatic carbocycles. The highest BCUT2D eigenvalue weighted by Crippen LogP contribution is 2.31. The van der Waals surface area contributed by atoms with E-state index >= 15 is 0 Å². The van der Waals surface area contributed by atoms with E-state index in [0.717, 1.165) is 29.2 Å². The molecule has 0 spiro atoms. The Balaban J connectivity index is 1.29. The molecule has 0 aliphatic rings. The Kier molecular flexibility index (Phi) is 6.67. The number of aromatic nitrogens is 1. The fraction of sp³-hybridized carbons (Fsp3) is 0.167. The molecule has 1 amide bonds. The van der Waals surface area contributed by atoms with Gasteiger partial charge in [0.15, 0.2) is 5.13 Å². The van der Waals surface area contributed by atoms with Crippen molar-refractivity contribution in [3.05, 3.63) is 72.1 Å². The zero-order chi connectivity index (χ0) is 20.8. The first-order valence-electron chi connectivity index (χ1n) is 9.73. The molecule has 30 heavy (non-hydrogen) atoms. The first-order valence-corrected chi connectivity index (χ1v) is 11.6. The number of carbonyl (C=O) groups excluding carboxylic acids is 1. The van der Waals surface area contributed by atoms with Gasteiger partial charge in [0.2, 0.25) is 5.91 Å². The van der Waals surface area contributed by atoms with Crippen molar-refractivity contribution in [3.8, 4) is 17.0 Å². The van der Waals surface area contributed by atoms with Gasteiger partial charge in [0.1, 0.15) is 5.75 Å². The van der Waals surface area contributed by atoms with Crippen LogP contribution in [0.1, 0.15) is 12.8 Å². The normalized spacial score (nSPS) is 10.8. The quantitative estimate of drug-likeness (QED) is 0.255. The summed E-state index contributed by atoms with van der Waals surface area (Å²) >= 11 is 3.20. The molecule has 4 rings (SSSR count). The Morgan fingerprint density at radius 2 is 1.87 bits per heavy atom. The lowest BCUT2D eigenvalue weighted by Gasteiger charge is -2.04. The number of thiazole rings is 1. The molecule has 0 radical (unpaired) electrons. The third-order valence-electron chi connectivity index (χ3n) is 4.69. The topological polar surface area (TPSA) is 51.2 Å². The van der Waals surface area contributed by atoms with Gasteiger partial charge >= 0.3 is 0 Å². The van der Waals surface area contributed by atoms with E-state index in [1.165, 1.54) is 27.0 Å². The van der Waals surface area contributed by atoms with Gasteiger partial charge in [-0.15, -0.1) is 23.1 Å². The van der Waals surface area contributed by atoms with E-state index in [1.807, 2.05) is 47.8 Å². The number of fused-ring (bicyclic) bond motifs is 1. The van der Waals surface area contributed by atoms with Crippen molar-refractivity contribution < 1.29 is 9.53 Å². The lowest BCUT2D eigenvalue weighted by atomic mass is 10.0. The number of thioether (sulfide) groups is 1. The Labute approximate surface area is 184 Å². The molecule has 1 N–H and O–H groups in total. The van der Waals surface area contributed by atoms with Gasteiger partial charge in [0.05, 0.1) is 12.8 Å². The van der Waals surface area contributed by atoms with Gasteiger partial charge in [0.25, 0.3) is 0 Å². The molecule has 0 atom stereocenters. The second-order valence-corrected chi connectivity index (χ2v) is 8.77. The summed E-state index contributed by atoms with van der Waals surface area (Å²) < 4.78 is 5.17. The standard InChI is InChI=1S/C24H22N2O2S2/c1-28-18-11-13-19(14-12-18)29-15-5-10-23(27)26-24-25-22(16-30-24)21-9-4-7-17-6-2-3-8-20(17)21/h2-4,6-9,11-14,16H,5,10,15H2,1H3,(H,25,26,27). The molecule has 4 nitrogen and oxygen atoms in total. The number of anilines is 1. The zero-order valence-corrected chi connectivity index (χ0v) is 18.3. The number of carbonyl (C=O) groups is 1. The number of methoxy groups -OCH3 is 1. The molecule has 1 heterocycles. The summed E-state index contributed by atoms with van der Waals surface area (Å²) in [5.74, 6) is 1.74. The average Bonchev–Trinajstić information content (AvgIpc) is 3.25. The minimum atomic E-state index is 0.00384. The summed E-state index contributed by atoms with van der Waals surface area (Å²) in [6.45, 7) is 0. The number of hydrogen-bond acceptors (Lipinski definition) is 5. The van der Waals surface area contributed by atoms with Gasteiger partial charge in [0, 0.05) is 22.3 Å². The van der Waals surface area contributed by atoms with Crippen LogP contribution in [0, 0.1) is 0 Å². The predicted octanol–water partition coefficient (Wildman–Crippen LogP) is 6.48.